The number of hydrogen-bond donors (Lipinski definition) is 1. The van der Waals surface area contributed by atoms with Crippen LogP contribution in [0.4, 0.5) is 0 Å². The maximum Gasteiger partial charge on any atom is 0.0197 e. The van der Waals surface area contributed by atoms with Crippen LogP contribution in [0, 0.1) is 5.92 Å². The summed E-state index contributed by atoms with van der Waals surface area (Å²) in [6.45, 7) is 3.77. The van der Waals surface area contributed by atoms with Gasteiger partial charge in [-0.2, -0.15) is 0 Å². The van der Waals surface area contributed by atoms with Crippen molar-refractivity contribution in [1.82, 2.24) is 4.90 Å². The predicted molar refractivity (Wildman–Crippen MR) is 37.1 cm³/mol. The van der Waals surface area contributed by atoms with E-state index in [-0.39, 0.29) is 0 Å². The molecule has 3 aliphatic heterocycles. The highest BCUT2D eigenvalue weighted by Crippen LogP contribution is 2.25. The van der Waals surface area contributed by atoms with Gasteiger partial charge in [-0.1, -0.05) is 0 Å². The van der Waals surface area contributed by atoms with E-state index in [1.165, 1.54) is 25.9 Å². The van der Waals surface area contributed by atoms with Gasteiger partial charge in [0.15, 0.2) is 0 Å². The minimum Gasteiger partial charge on any atom is -0.326 e. The fourth-order valence-electron chi connectivity index (χ4n) is 2.01. The van der Waals surface area contributed by atoms with E-state index in [2.05, 4.69) is 4.90 Å². The van der Waals surface area contributed by atoms with Crippen LogP contribution in [0.5, 0.6) is 0 Å². The van der Waals surface area contributed by atoms with E-state index < -0.39 is 0 Å². The molecule has 3 saturated heterocycles. The lowest BCUT2D eigenvalue weighted by Gasteiger charge is -2.43. The molecule has 52 valence electrons. The van der Waals surface area contributed by atoms with Gasteiger partial charge < -0.3 is 10.6 Å². The molecule has 3 rings (SSSR count). The lowest BCUT2D eigenvalue weighted by molar-refractivity contribution is 0.0896. The maximum absolute atomic E-state index is 5.88. The highest BCUT2D eigenvalue weighted by molar-refractivity contribution is 4.88. The topological polar surface area (TPSA) is 29.3 Å². The molecule has 2 heteroatoms. The SMILES string of the molecule is N[14C@H]1CN2CCC1CC2. The zero-order chi connectivity index (χ0) is 6.27. The second kappa shape index (κ2) is 1.96. The monoisotopic (exact) mass is 128 g/mol. The third-order valence-corrected chi connectivity index (χ3v) is 2.71. The molecule has 0 aromatic carbocycles. The van der Waals surface area contributed by atoms with Gasteiger partial charge in [0, 0.05) is 12.6 Å². The van der Waals surface area contributed by atoms with Crippen molar-refractivity contribution < 1.29 is 0 Å². The van der Waals surface area contributed by atoms with E-state index in [9.17, 15) is 0 Å². The number of hydrogen-bond acceptors (Lipinski definition) is 2. The molecule has 0 aromatic heterocycles. The molecule has 0 aliphatic carbocycles. The fourth-order valence-corrected chi connectivity index (χ4v) is 2.01. The Morgan fingerprint density at radius 1 is 1.33 bits per heavy atom. The van der Waals surface area contributed by atoms with Crippen molar-refractivity contribution in [3.63, 3.8) is 0 Å². The molecule has 0 amide bonds. The highest BCUT2D eigenvalue weighted by Gasteiger charge is 2.31. The molecule has 0 saturated carbocycles. The van der Waals surface area contributed by atoms with Crippen LogP contribution in [0.1, 0.15) is 12.8 Å². The van der Waals surface area contributed by atoms with Crippen molar-refractivity contribution in [2.45, 2.75) is 18.9 Å². The third-order valence-electron chi connectivity index (χ3n) is 2.71. The predicted octanol–water partition coefficient (Wildman–Crippen LogP) is 0.0393. The van der Waals surface area contributed by atoms with Crippen LogP contribution in [0.2, 0.25) is 0 Å². The van der Waals surface area contributed by atoms with Gasteiger partial charge >= 0.3 is 0 Å². The van der Waals surface area contributed by atoms with Gasteiger partial charge in [0.1, 0.15) is 0 Å². The molecule has 0 spiro atoms. The lowest BCUT2D eigenvalue weighted by Crippen LogP contribution is -2.54. The Morgan fingerprint density at radius 3 is 2.22 bits per heavy atom. The van der Waals surface area contributed by atoms with Crippen molar-refractivity contribution in [2.24, 2.45) is 11.7 Å². The average Bonchev–Trinajstić information content (AvgIpc) is 1.90. The molecular weight excluding hydrogens is 114 g/mol. The number of piperidine rings is 3. The zero-order valence-electron chi connectivity index (χ0n) is 5.71. The average molecular weight is 128 g/mol. The van der Waals surface area contributed by atoms with Crippen LogP contribution >= 0.6 is 0 Å². The number of nitrogens with two attached hydrogens (primary N) is 1. The van der Waals surface area contributed by atoms with E-state index in [1.54, 1.807) is 0 Å². The van der Waals surface area contributed by atoms with Gasteiger partial charge in [-0.15, -0.1) is 0 Å². The minimum atomic E-state index is 0.493. The summed E-state index contributed by atoms with van der Waals surface area (Å²) in [6.07, 6.45) is 2.70. The second-order valence-corrected chi connectivity index (χ2v) is 3.30. The molecule has 2 nitrogen and oxygen atoms in total. The van der Waals surface area contributed by atoms with Crippen molar-refractivity contribution in [2.75, 3.05) is 19.6 Å². The summed E-state index contributed by atoms with van der Waals surface area (Å²) in [5.74, 6) is 0.856. The van der Waals surface area contributed by atoms with Gasteiger partial charge in [-0.3, -0.25) is 0 Å². The van der Waals surface area contributed by atoms with E-state index in [0.29, 0.717) is 6.04 Å². The van der Waals surface area contributed by atoms with Crippen LogP contribution in [0.15, 0.2) is 0 Å². The van der Waals surface area contributed by atoms with Crippen molar-refractivity contribution in [3.8, 4) is 0 Å². The number of rotatable bonds is 0. The first-order chi connectivity index (χ1) is 4.36. The molecule has 1 atom stereocenters. The molecular formula is C7H14N2. The first-order valence-electron chi connectivity index (χ1n) is 3.84. The summed E-state index contributed by atoms with van der Waals surface area (Å²) < 4.78 is 0. The van der Waals surface area contributed by atoms with E-state index in [4.69, 9.17) is 5.73 Å². The normalized spacial score (nSPS) is 49.7. The molecule has 0 unspecified atom stereocenters. The third kappa shape index (κ3) is 0.864. The van der Waals surface area contributed by atoms with Gasteiger partial charge in [-0.25, -0.2) is 0 Å². The second-order valence-electron chi connectivity index (χ2n) is 3.30. The molecule has 2 bridgehead atoms. The van der Waals surface area contributed by atoms with Gasteiger partial charge in [0.2, 0.25) is 0 Å². The summed E-state index contributed by atoms with van der Waals surface area (Å²) in [5, 5.41) is 0. The van der Waals surface area contributed by atoms with Crippen molar-refractivity contribution in [3.05, 3.63) is 0 Å². The standard InChI is InChI=1S/C7H14N2/c8-7-5-9-3-1-6(7)2-4-9/h6-7H,1-5,8H2/t7-/m0/s1/i7+2. The van der Waals surface area contributed by atoms with E-state index >= 15 is 0 Å². The first kappa shape index (κ1) is 5.69. The molecule has 2 N–H and O–H groups in total. The van der Waals surface area contributed by atoms with E-state index in [0.717, 1.165) is 12.5 Å². The van der Waals surface area contributed by atoms with Crippen LogP contribution in [0.25, 0.3) is 0 Å². The zero-order valence-corrected chi connectivity index (χ0v) is 5.71. The maximum atomic E-state index is 5.88. The Balaban J connectivity index is 2.06. The lowest BCUT2D eigenvalue weighted by atomic mass is 10.0. The van der Waals surface area contributed by atoms with Crippen LogP contribution in [0.3, 0.4) is 0 Å². The van der Waals surface area contributed by atoms with E-state index in [1.807, 2.05) is 0 Å². The molecule has 3 fully saturated rings. The first-order valence-corrected chi connectivity index (χ1v) is 3.84. The molecule has 9 heavy (non-hydrogen) atoms. The summed E-state index contributed by atoms with van der Waals surface area (Å²) >= 11 is 0. The minimum absolute atomic E-state index is 0.493. The van der Waals surface area contributed by atoms with Gasteiger partial charge in [0.05, 0.1) is 0 Å². The summed E-state index contributed by atoms with van der Waals surface area (Å²) in [6, 6.07) is 0.493. The number of fused-ring (bicyclic) bond motifs is 3. The van der Waals surface area contributed by atoms with Gasteiger partial charge in [-0.05, 0) is 31.8 Å². The Hall–Kier alpha value is -0.0800. The Labute approximate surface area is 56.0 Å². The van der Waals surface area contributed by atoms with Crippen LogP contribution in [-0.2, 0) is 0 Å². The summed E-state index contributed by atoms with van der Waals surface area (Å²) in [4.78, 5) is 2.48. The largest absolute Gasteiger partial charge is 0.326 e. The Bertz CT molecular complexity index is 105. The number of nitrogens with zero attached hydrogens (tertiary/aromatic N) is 1. The van der Waals surface area contributed by atoms with Crippen molar-refractivity contribution >= 4 is 0 Å². The Kier molecular flexibility index (Phi) is 1.24. The molecule has 3 aliphatic rings. The summed E-state index contributed by atoms with van der Waals surface area (Å²) in [5.41, 5.74) is 5.88. The van der Waals surface area contributed by atoms with Crippen LogP contribution < -0.4 is 5.73 Å². The Morgan fingerprint density at radius 2 is 2.00 bits per heavy atom. The molecule has 0 aromatic rings. The smallest absolute Gasteiger partial charge is 0.0197 e. The molecule has 3 heterocycles. The van der Waals surface area contributed by atoms with Crippen molar-refractivity contribution in [1.29, 1.82) is 0 Å². The fraction of sp³-hybridized carbons (Fsp3) is 1.00. The highest BCUT2D eigenvalue weighted by atomic mass is 15.5. The summed E-state index contributed by atoms with van der Waals surface area (Å²) in [7, 11) is 0. The van der Waals surface area contributed by atoms with Gasteiger partial charge in [0.25, 0.3) is 0 Å². The molecule has 0 radical (unpaired) electrons. The van der Waals surface area contributed by atoms with Crippen LogP contribution in [-0.4, -0.2) is 30.6 Å². The quantitative estimate of drug-likeness (QED) is 0.499.